The lowest BCUT2D eigenvalue weighted by Gasteiger charge is -2.12. The molecule has 0 heterocycles. The highest BCUT2D eigenvalue weighted by Gasteiger charge is 2.09. The fourth-order valence-corrected chi connectivity index (χ4v) is 3.41. The molecule has 0 aliphatic heterocycles. The van der Waals surface area contributed by atoms with Crippen molar-refractivity contribution in [2.45, 2.75) is 104 Å². The summed E-state index contributed by atoms with van der Waals surface area (Å²) in [6.45, 7) is 4.68. The lowest BCUT2D eigenvalue weighted by molar-refractivity contribution is -0.116. The maximum Gasteiger partial charge on any atom is 0.224 e. The highest BCUT2D eigenvalue weighted by molar-refractivity contribution is 5.92. The summed E-state index contributed by atoms with van der Waals surface area (Å²) >= 11 is 0. The highest BCUT2D eigenvalue weighted by atomic mass is 16.5. The van der Waals surface area contributed by atoms with Gasteiger partial charge in [0.05, 0.1) is 12.3 Å². The number of anilines is 1. The smallest absolute Gasteiger partial charge is 0.224 e. The Labute approximate surface area is 172 Å². The van der Waals surface area contributed by atoms with Gasteiger partial charge in [0.2, 0.25) is 5.91 Å². The molecule has 0 aliphatic rings. The number of hydrogen-bond donors (Lipinski definition) is 2. The van der Waals surface area contributed by atoms with Crippen LogP contribution in [0.4, 0.5) is 5.69 Å². The van der Waals surface area contributed by atoms with Crippen LogP contribution in [-0.2, 0) is 4.79 Å². The molecule has 0 fully saturated rings. The second kappa shape index (κ2) is 16.3. The number of carbonyl (C=O) groups excluding carboxylic acids is 1. The molecule has 160 valence electrons. The minimum Gasteiger partial charge on any atom is -0.508 e. The van der Waals surface area contributed by atoms with Gasteiger partial charge in [0.25, 0.3) is 0 Å². The van der Waals surface area contributed by atoms with Gasteiger partial charge in [-0.15, -0.1) is 0 Å². The number of phenols is 1. The Morgan fingerprint density at radius 1 is 0.857 bits per heavy atom. The zero-order valence-electron chi connectivity index (χ0n) is 18.1. The lowest BCUT2D eigenvalue weighted by atomic mass is 10.0. The first-order valence-electron chi connectivity index (χ1n) is 11.4. The first-order chi connectivity index (χ1) is 13.7. The average molecular weight is 392 g/mol. The summed E-state index contributed by atoms with van der Waals surface area (Å²) in [5.74, 6) is 0.702. The Morgan fingerprint density at radius 2 is 1.39 bits per heavy atom. The third-order valence-electron chi connectivity index (χ3n) is 5.04. The molecule has 0 spiro atoms. The molecule has 1 rings (SSSR count). The van der Waals surface area contributed by atoms with E-state index in [9.17, 15) is 9.90 Å². The van der Waals surface area contributed by atoms with Crippen molar-refractivity contribution in [3.05, 3.63) is 18.2 Å². The molecule has 0 radical (unpaired) electrons. The van der Waals surface area contributed by atoms with Crippen LogP contribution in [0.15, 0.2) is 18.2 Å². The van der Waals surface area contributed by atoms with Crippen molar-refractivity contribution in [1.29, 1.82) is 0 Å². The molecule has 1 amide bonds. The van der Waals surface area contributed by atoms with Crippen LogP contribution in [0.5, 0.6) is 11.5 Å². The molecule has 0 aliphatic carbocycles. The first kappa shape index (κ1) is 24.3. The van der Waals surface area contributed by atoms with Gasteiger partial charge in [-0.05, 0) is 25.5 Å². The molecule has 0 saturated carbocycles. The van der Waals surface area contributed by atoms with Crippen LogP contribution < -0.4 is 10.1 Å². The molecule has 2 N–H and O–H groups in total. The number of hydrogen-bond acceptors (Lipinski definition) is 3. The van der Waals surface area contributed by atoms with Gasteiger partial charge < -0.3 is 15.2 Å². The Morgan fingerprint density at radius 3 is 1.93 bits per heavy atom. The van der Waals surface area contributed by atoms with Crippen molar-refractivity contribution in [2.75, 3.05) is 11.9 Å². The predicted molar refractivity (Wildman–Crippen MR) is 118 cm³/mol. The molecule has 1 aromatic carbocycles. The number of unbranched alkanes of at least 4 members (excludes halogenated alkanes) is 12. The quantitative estimate of drug-likeness (QED) is 0.276. The minimum atomic E-state index is -0.0189. The van der Waals surface area contributed by atoms with Crippen LogP contribution in [0, 0.1) is 0 Å². The van der Waals surface area contributed by atoms with E-state index in [1.807, 2.05) is 6.92 Å². The molecule has 0 atom stereocenters. The van der Waals surface area contributed by atoms with E-state index in [4.69, 9.17) is 4.74 Å². The van der Waals surface area contributed by atoms with Gasteiger partial charge in [0, 0.05) is 12.5 Å². The van der Waals surface area contributed by atoms with E-state index in [-0.39, 0.29) is 11.7 Å². The molecule has 28 heavy (non-hydrogen) atoms. The van der Waals surface area contributed by atoms with Crippen LogP contribution in [0.1, 0.15) is 104 Å². The summed E-state index contributed by atoms with van der Waals surface area (Å²) in [5, 5.41) is 12.5. The number of carbonyl (C=O) groups is 1. The number of aromatic hydroxyl groups is 1. The van der Waals surface area contributed by atoms with Gasteiger partial charge >= 0.3 is 0 Å². The van der Waals surface area contributed by atoms with Crippen molar-refractivity contribution >= 4 is 11.6 Å². The van der Waals surface area contributed by atoms with E-state index in [0.717, 1.165) is 12.8 Å². The highest BCUT2D eigenvalue weighted by Crippen LogP contribution is 2.29. The zero-order valence-corrected chi connectivity index (χ0v) is 18.1. The molecule has 0 aromatic heterocycles. The van der Waals surface area contributed by atoms with Gasteiger partial charge in [-0.2, -0.15) is 0 Å². The van der Waals surface area contributed by atoms with E-state index in [1.165, 1.54) is 76.7 Å². The van der Waals surface area contributed by atoms with Gasteiger partial charge in [0.15, 0.2) is 0 Å². The lowest BCUT2D eigenvalue weighted by Crippen LogP contribution is -2.12. The third-order valence-corrected chi connectivity index (χ3v) is 5.04. The Hall–Kier alpha value is -1.71. The maximum atomic E-state index is 12.1. The predicted octanol–water partition coefficient (Wildman–Crippen LogP) is 7.21. The Kier molecular flexibility index (Phi) is 14.1. The van der Waals surface area contributed by atoms with Crippen molar-refractivity contribution in [3.63, 3.8) is 0 Å². The SMILES string of the molecule is CCCCCCCCCCCCCCCC(=O)Nc1cc(O)ccc1OCC. The topological polar surface area (TPSA) is 58.6 Å². The first-order valence-corrected chi connectivity index (χ1v) is 11.4. The second-order valence-electron chi connectivity index (χ2n) is 7.65. The maximum absolute atomic E-state index is 12.1. The molecule has 0 unspecified atom stereocenters. The normalized spacial score (nSPS) is 10.8. The molecule has 4 heteroatoms. The standard InChI is InChI=1S/C24H41NO3/c1-3-5-6-7-8-9-10-11-12-13-14-15-16-17-24(27)25-22-20-21(26)18-19-23(22)28-4-2/h18-20,26H,3-17H2,1-2H3,(H,25,27). The van der Waals surface area contributed by atoms with Crippen LogP contribution in [0.25, 0.3) is 0 Å². The van der Waals surface area contributed by atoms with Crippen LogP contribution in [0.3, 0.4) is 0 Å². The zero-order chi connectivity index (χ0) is 20.5. The molecule has 0 bridgehead atoms. The van der Waals surface area contributed by atoms with E-state index >= 15 is 0 Å². The van der Waals surface area contributed by atoms with E-state index < -0.39 is 0 Å². The van der Waals surface area contributed by atoms with E-state index in [2.05, 4.69) is 12.2 Å². The average Bonchev–Trinajstić information content (AvgIpc) is 2.67. The summed E-state index contributed by atoms with van der Waals surface area (Å²) < 4.78 is 5.49. The molecule has 0 saturated heterocycles. The molecular weight excluding hydrogens is 350 g/mol. The minimum absolute atomic E-state index is 0.0189. The van der Waals surface area contributed by atoms with Crippen LogP contribution >= 0.6 is 0 Å². The number of amides is 1. The Bertz CT molecular complexity index is 531. The van der Waals surface area contributed by atoms with Gasteiger partial charge in [-0.3, -0.25) is 4.79 Å². The number of ether oxygens (including phenoxy) is 1. The number of rotatable bonds is 17. The van der Waals surface area contributed by atoms with Crippen LogP contribution in [0.2, 0.25) is 0 Å². The fraction of sp³-hybridized carbons (Fsp3) is 0.708. The van der Waals surface area contributed by atoms with Crippen LogP contribution in [-0.4, -0.2) is 17.6 Å². The monoisotopic (exact) mass is 391 g/mol. The summed E-state index contributed by atoms with van der Waals surface area (Å²) in [6.07, 6.45) is 17.4. The van der Waals surface area contributed by atoms with Crippen molar-refractivity contribution in [3.8, 4) is 11.5 Å². The molecular formula is C24H41NO3. The van der Waals surface area contributed by atoms with Crippen molar-refractivity contribution in [1.82, 2.24) is 0 Å². The fourth-order valence-electron chi connectivity index (χ4n) is 3.41. The summed E-state index contributed by atoms with van der Waals surface area (Å²) in [4.78, 5) is 12.1. The van der Waals surface area contributed by atoms with E-state index in [1.54, 1.807) is 12.1 Å². The van der Waals surface area contributed by atoms with Gasteiger partial charge in [-0.25, -0.2) is 0 Å². The van der Waals surface area contributed by atoms with Gasteiger partial charge in [-0.1, -0.05) is 84.0 Å². The second-order valence-corrected chi connectivity index (χ2v) is 7.65. The van der Waals surface area contributed by atoms with Crippen molar-refractivity contribution in [2.24, 2.45) is 0 Å². The number of phenolic OH excluding ortho intramolecular Hbond substituents is 1. The summed E-state index contributed by atoms with van der Waals surface area (Å²) in [7, 11) is 0. The largest absolute Gasteiger partial charge is 0.508 e. The van der Waals surface area contributed by atoms with Crippen molar-refractivity contribution < 1.29 is 14.6 Å². The number of benzene rings is 1. The van der Waals surface area contributed by atoms with Gasteiger partial charge in [0.1, 0.15) is 11.5 Å². The Balaban J connectivity index is 2.02. The molecule has 4 nitrogen and oxygen atoms in total. The summed E-state index contributed by atoms with van der Waals surface area (Å²) in [6, 6.07) is 4.78. The third kappa shape index (κ3) is 11.9. The van der Waals surface area contributed by atoms with E-state index in [0.29, 0.717) is 24.5 Å². The molecule has 1 aromatic rings. The summed E-state index contributed by atoms with van der Waals surface area (Å²) in [5.41, 5.74) is 0.543. The number of nitrogens with one attached hydrogen (secondary N) is 1.